The largest absolute Gasteiger partial charge is 0.349 e. The van der Waals surface area contributed by atoms with E-state index >= 15 is 0 Å². The molecule has 4 atom stereocenters. The Labute approximate surface area is 167 Å². The molecule has 4 nitrogen and oxygen atoms in total. The minimum absolute atomic E-state index is 0.0268. The molecule has 1 aliphatic rings. The molecule has 0 aliphatic heterocycles. The second-order valence-electron chi connectivity index (χ2n) is 7.84. The van der Waals surface area contributed by atoms with Crippen LogP contribution in [0.3, 0.4) is 0 Å². The van der Waals surface area contributed by atoms with Gasteiger partial charge in [-0.3, -0.25) is 9.59 Å². The predicted molar refractivity (Wildman–Crippen MR) is 111 cm³/mol. The maximum Gasteiger partial charge on any atom is 0.223 e. The van der Waals surface area contributed by atoms with E-state index in [1.165, 1.54) is 0 Å². The Morgan fingerprint density at radius 1 is 0.750 bits per heavy atom. The van der Waals surface area contributed by atoms with Crippen LogP contribution in [0, 0.1) is 11.8 Å². The number of carbonyl (C=O) groups is 2. The molecule has 0 radical (unpaired) electrons. The molecule has 4 heteroatoms. The van der Waals surface area contributed by atoms with Crippen LogP contribution in [0.25, 0.3) is 0 Å². The zero-order valence-corrected chi connectivity index (χ0v) is 16.7. The summed E-state index contributed by atoms with van der Waals surface area (Å²) in [6.07, 6.45) is 3.24. The van der Waals surface area contributed by atoms with Crippen LogP contribution < -0.4 is 10.6 Å². The molecule has 1 saturated carbocycles. The number of benzene rings is 2. The first-order chi connectivity index (χ1) is 13.5. The summed E-state index contributed by atoms with van der Waals surface area (Å²) >= 11 is 0. The van der Waals surface area contributed by atoms with E-state index in [0.717, 1.165) is 30.4 Å². The summed E-state index contributed by atoms with van der Waals surface area (Å²) < 4.78 is 0. The van der Waals surface area contributed by atoms with E-state index in [1.54, 1.807) is 0 Å². The van der Waals surface area contributed by atoms with Gasteiger partial charge in [0.25, 0.3) is 0 Å². The Balaban J connectivity index is 1.54. The summed E-state index contributed by atoms with van der Waals surface area (Å²) in [5.74, 6) is -0.0692. The van der Waals surface area contributed by atoms with Gasteiger partial charge < -0.3 is 10.6 Å². The lowest BCUT2D eigenvalue weighted by Crippen LogP contribution is -2.40. The van der Waals surface area contributed by atoms with E-state index in [2.05, 4.69) is 10.6 Å². The molecule has 1 aliphatic carbocycles. The van der Waals surface area contributed by atoms with Gasteiger partial charge in [0.1, 0.15) is 0 Å². The minimum atomic E-state index is -0.0947. The van der Waals surface area contributed by atoms with Crippen LogP contribution in [-0.4, -0.2) is 11.8 Å². The second-order valence-corrected chi connectivity index (χ2v) is 7.84. The number of rotatable bonds is 6. The van der Waals surface area contributed by atoms with Crippen molar-refractivity contribution in [3.8, 4) is 0 Å². The third-order valence-corrected chi connectivity index (χ3v) is 5.73. The summed E-state index contributed by atoms with van der Waals surface area (Å²) in [6, 6.07) is 19.9. The van der Waals surface area contributed by atoms with E-state index in [1.807, 2.05) is 74.5 Å². The van der Waals surface area contributed by atoms with E-state index < -0.39 is 0 Å². The number of amides is 2. The van der Waals surface area contributed by atoms with Gasteiger partial charge in [0.05, 0.1) is 12.1 Å². The van der Waals surface area contributed by atoms with Gasteiger partial charge in [-0.25, -0.2) is 0 Å². The average Bonchev–Trinajstić information content (AvgIpc) is 2.75. The first kappa shape index (κ1) is 20.1. The third-order valence-electron chi connectivity index (χ3n) is 5.73. The van der Waals surface area contributed by atoms with Crippen molar-refractivity contribution < 1.29 is 9.59 Å². The van der Waals surface area contributed by atoms with Crippen molar-refractivity contribution in [3.63, 3.8) is 0 Å². The lowest BCUT2D eigenvalue weighted by molar-refractivity contribution is -0.130. The number of nitrogens with one attached hydrogen (secondary N) is 2. The monoisotopic (exact) mass is 378 g/mol. The molecule has 2 aromatic rings. The lowest BCUT2D eigenvalue weighted by atomic mass is 9.80. The molecule has 3 rings (SSSR count). The zero-order chi connectivity index (χ0) is 19.9. The lowest BCUT2D eigenvalue weighted by Gasteiger charge is -2.29. The maximum absolute atomic E-state index is 12.8. The Bertz CT molecular complexity index is 710. The van der Waals surface area contributed by atoms with Crippen molar-refractivity contribution in [3.05, 3.63) is 71.8 Å². The number of hydrogen-bond donors (Lipinski definition) is 2. The quantitative estimate of drug-likeness (QED) is 0.775. The van der Waals surface area contributed by atoms with E-state index in [4.69, 9.17) is 0 Å². The maximum atomic E-state index is 12.8. The molecule has 0 aromatic heterocycles. The Morgan fingerprint density at radius 3 is 1.54 bits per heavy atom. The van der Waals surface area contributed by atoms with Gasteiger partial charge >= 0.3 is 0 Å². The molecule has 2 aromatic carbocycles. The first-order valence-electron chi connectivity index (χ1n) is 10.2. The van der Waals surface area contributed by atoms with E-state index in [9.17, 15) is 9.59 Å². The summed E-state index contributed by atoms with van der Waals surface area (Å²) in [5.41, 5.74) is 2.19. The van der Waals surface area contributed by atoms with Gasteiger partial charge in [0, 0.05) is 11.8 Å². The fourth-order valence-electron chi connectivity index (χ4n) is 3.98. The highest BCUT2D eigenvalue weighted by Gasteiger charge is 2.32. The van der Waals surface area contributed by atoms with E-state index in [-0.39, 0.29) is 35.7 Å². The molecule has 0 heterocycles. The van der Waals surface area contributed by atoms with Crippen LogP contribution in [0.5, 0.6) is 0 Å². The van der Waals surface area contributed by atoms with Crippen molar-refractivity contribution in [2.24, 2.45) is 11.8 Å². The van der Waals surface area contributed by atoms with Crippen molar-refractivity contribution >= 4 is 11.8 Å². The average molecular weight is 379 g/mol. The first-order valence-corrected chi connectivity index (χ1v) is 10.2. The van der Waals surface area contributed by atoms with Crippen LogP contribution in [0.1, 0.15) is 62.7 Å². The Kier molecular flexibility index (Phi) is 6.85. The molecule has 4 unspecified atom stereocenters. The van der Waals surface area contributed by atoms with E-state index in [0.29, 0.717) is 6.42 Å². The highest BCUT2D eigenvalue weighted by Crippen LogP contribution is 2.30. The van der Waals surface area contributed by atoms with Crippen molar-refractivity contribution in [2.75, 3.05) is 0 Å². The van der Waals surface area contributed by atoms with Crippen LogP contribution in [-0.2, 0) is 9.59 Å². The molecule has 0 spiro atoms. The van der Waals surface area contributed by atoms with Crippen molar-refractivity contribution in [1.82, 2.24) is 10.6 Å². The summed E-state index contributed by atoms with van der Waals surface area (Å²) in [7, 11) is 0. The van der Waals surface area contributed by atoms with Gasteiger partial charge in [-0.2, -0.15) is 0 Å². The highest BCUT2D eigenvalue weighted by molar-refractivity contribution is 5.82. The van der Waals surface area contributed by atoms with Gasteiger partial charge in [-0.1, -0.05) is 67.1 Å². The fourth-order valence-corrected chi connectivity index (χ4v) is 3.98. The molecule has 28 heavy (non-hydrogen) atoms. The Hall–Kier alpha value is -2.62. The normalized spacial score (nSPS) is 21.4. The SMILES string of the molecule is CC(NC(=O)C1CCCC(C(=O)NC(C)c2ccccc2)C1)c1ccccc1. The molecule has 1 fully saturated rings. The highest BCUT2D eigenvalue weighted by atomic mass is 16.2. The van der Waals surface area contributed by atoms with Crippen LogP contribution in [0.2, 0.25) is 0 Å². The standard InChI is InChI=1S/C24H30N2O2/c1-17(19-10-5-3-6-11-19)25-23(27)21-14-9-15-22(16-21)24(28)26-18(2)20-12-7-4-8-13-20/h3-8,10-13,17-18,21-22H,9,14-16H2,1-2H3,(H,25,27)(H,26,28). The summed E-state index contributed by atoms with van der Waals surface area (Å²) in [6.45, 7) is 4.00. The van der Waals surface area contributed by atoms with Crippen molar-refractivity contribution in [1.29, 1.82) is 0 Å². The van der Waals surface area contributed by atoms with Gasteiger partial charge in [-0.15, -0.1) is 0 Å². The van der Waals surface area contributed by atoms with Gasteiger partial charge in [-0.05, 0) is 44.2 Å². The number of hydrogen-bond acceptors (Lipinski definition) is 2. The molecule has 148 valence electrons. The van der Waals surface area contributed by atoms with Crippen LogP contribution >= 0.6 is 0 Å². The molecule has 0 bridgehead atoms. The second kappa shape index (κ2) is 9.54. The predicted octanol–water partition coefficient (Wildman–Crippen LogP) is 4.55. The molecular formula is C24H30N2O2. The molecular weight excluding hydrogens is 348 g/mol. The van der Waals surface area contributed by atoms with Crippen LogP contribution in [0.4, 0.5) is 0 Å². The number of carbonyl (C=O) groups excluding carboxylic acids is 2. The Morgan fingerprint density at radius 2 is 1.14 bits per heavy atom. The summed E-state index contributed by atoms with van der Waals surface area (Å²) in [4.78, 5) is 25.5. The van der Waals surface area contributed by atoms with Crippen molar-refractivity contribution in [2.45, 2.75) is 51.6 Å². The fraction of sp³-hybridized carbons (Fsp3) is 0.417. The van der Waals surface area contributed by atoms with Gasteiger partial charge in [0.15, 0.2) is 0 Å². The molecule has 2 amide bonds. The zero-order valence-electron chi connectivity index (χ0n) is 16.7. The minimum Gasteiger partial charge on any atom is -0.349 e. The van der Waals surface area contributed by atoms with Gasteiger partial charge in [0.2, 0.25) is 11.8 Å². The van der Waals surface area contributed by atoms with Crippen LogP contribution in [0.15, 0.2) is 60.7 Å². The third kappa shape index (κ3) is 5.22. The topological polar surface area (TPSA) is 58.2 Å². The molecule has 0 saturated heterocycles. The summed E-state index contributed by atoms with van der Waals surface area (Å²) in [5, 5.41) is 6.24. The molecule has 2 N–H and O–H groups in total. The smallest absolute Gasteiger partial charge is 0.223 e.